The highest BCUT2D eigenvalue weighted by molar-refractivity contribution is 6.30. The molecule has 1 saturated carbocycles. The Morgan fingerprint density at radius 3 is 2.52 bits per heavy atom. The van der Waals surface area contributed by atoms with Gasteiger partial charge in [-0.3, -0.25) is 9.89 Å². The van der Waals surface area contributed by atoms with Crippen LogP contribution in [-0.2, 0) is 4.74 Å². The molecule has 1 atom stereocenters. The Bertz CT molecular complexity index is 653. The van der Waals surface area contributed by atoms with E-state index in [2.05, 4.69) is 32.2 Å². The molecule has 1 spiro atoms. The smallest absolute Gasteiger partial charge is 0.193 e. The Labute approximate surface area is 167 Å². The van der Waals surface area contributed by atoms with Crippen LogP contribution in [0.2, 0.25) is 5.02 Å². The normalized spacial score (nSPS) is 24.1. The summed E-state index contributed by atoms with van der Waals surface area (Å²) in [6.07, 6.45) is 5.50. The second kappa shape index (κ2) is 8.38. The molecule has 27 heavy (non-hydrogen) atoms. The Hall–Kier alpha value is -1.30. The van der Waals surface area contributed by atoms with Crippen molar-refractivity contribution >= 4 is 17.6 Å². The predicted octanol–water partition coefficient (Wildman–Crippen LogP) is 3.16. The van der Waals surface area contributed by atoms with E-state index in [1.54, 1.807) is 0 Å². The molecule has 6 heteroatoms. The Balaban J connectivity index is 1.43. The lowest BCUT2D eigenvalue weighted by Gasteiger charge is -2.38. The van der Waals surface area contributed by atoms with Gasteiger partial charge in [-0.05, 0) is 42.4 Å². The summed E-state index contributed by atoms with van der Waals surface area (Å²) in [5, 5.41) is 4.45. The summed E-state index contributed by atoms with van der Waals surface area (Å²) in [5.74, 6) is 1.05. The van der Waals surface area contributed by atoms with E-state index >= 15 is 0 Å². The van der Waals surface area contributed by atoms with Gasteiger partial charge in [0.1, 0.15) is 0 Å². The monoisotopic (exact) mass is 390 g/mol. The van der Waals surface area contributed by atoms with Crippen LogP contribution in [-0.4, -0.2) is 68.7 Å². The molecular weight excluding hydrogens is 360 g/mol. The molecule has 1 aromatic rings. The van der Waals surface area contributed by atoms with E-state index < -0.39 is 0 Å². The van der Waals surface area contributed by atoms with Gasteiger partial charge in [0.15, 0.2) is 5.96 Å². The molecule has 2 heterocycles. The van der Waals surface area contributed by atoms with Gasteiger partial charge in [0.25, 0.3) is 0 Å². The number of likely N-dealkylation sites (tertiary alicyclic amines) is 1. The third-order valence-corrected chi connectivity index (χ3v) is 6.81. The van der Waals surface area contributed by atoms with E-state index in [0.29, 0.717) is 11.5 Å². The van der Waals surface area contributed by atoms with Crippen LogP contribution < -0.4 is 5.32 Å². The molecule has 0 amide bonds. The summed E-state index contributed by atoms with van der Waals surface area (Å²) in [5.41, 5.74) is 1.87. The highest BCUT2D eigenvalue weighted by Gasteiger charge is 2.43. The van der Waals surface area contributed by atoms with Crippen molar-refractivity contribution in [3.63, 3.8) is 0 Å². The highest BCUT2D eigenvalue weighted by atomic mass is 35.5. The lowest BCUT2D eigenvalue weighted by Crippen LogP contribution is -2.47. The summed E-state index contributed by atoms with van der Waals surface area (Å²) in [7, 11) is 1.90. The van der Waals surface area contributed by atoms with Crippen molar-refractivity contribution in [2.45, 2.75) is 31.7 Å². The van der Waals surface area contributed by atoms with Crippen molar-refractivity contribution in [2.24, 2.45) is 10.4 Å². The quantitative estimate of drug-likeness (QED) is 0.633. The van der Waals surface area contributed by atoms with Crippen LogP contribution in [0, 0.1) is 5.41 Å². The first-order chi connectivity index (χ1) is 13.2. The van der Waals surface area contributed by atoms with E-state index in [-0.39, 0.29) is 0 Å². The molecular formula is C21H31ClN4O. The van der Waals surface area contributed by atoms with E-state index in [1.165, 1.54) is 31.2 Å². The summed E-state index contributed by atoms with van der Waals surface area (Å²) in [4.78, 5) is 9.55. The van der Waals surface area contributed by atoms with Gasteiger partial charge < -0.3 is 15.0 Å². The zero-order valence-electron chi connectivity index (χ0n) is 16.3. The highest BCUT2D eigenvalue weighted by Crippen LogP contribution is 2.47. The van der Waals surface area contributed by atoms with Crippen LogP contribution in [0.3, 0.4) is 0 Å². The zero-order chi connectivity index (χ0) is 18.7. The summed E-state index contributed by atoms with van der Waals surface area (Å²) >= 11 is 6.11. The maximum atomic E-state index is 6.11. The average Bonchev–Trinajstić information content (AvgIpc) is 3.13. The third kappa shape index (κ3) is 4.25. The van der Waals surface area contributed by atoms with Gasteiger partial charge in [0.2, 0.25) is 0 Å². The number of nitrogens with one attached hydrogen (secondary N) is 1. The average molecular weight is 391 g/mol. The topological polar surface area (TPSA) is 40.1 Å². The molecule has 5 nitrogen and oxygen atoms in total. The fourth-order valence-corrected chi connectivity index (χ4v) is 4.88. The number of ether oxygens (including phenoxy) is 1. The van der Waals surface area contributed by atoms with Crippen molar-refractivity contribution in [3.05, 3.63) is 34.9 Å². The van der Waals surface area contributed by atoms with E-state index in [0.717, 1.165) is 56.9 Å². The lowest BCUT2D eigenvalue weighted by molar-refractivity contribution is 0.0169. The molecule has 0 radical (unpaired) electrons. The first-order valence-electron chi connectivity index (χ1n) is 10.2. The Morgan fingerprint density at radius 2 is 1.93 bits per heavy atom. The van der Waals surface area contributed by atoms with Crippen molar-refractivity contribution < 1.29 is 4.74 Å². The molecule has 1 aliphatic carbocycles. The number of nitrogens with zero attached hydrogens (tertiary/aromatic N) is 3. The fourth-order valence-electron chi connectivity index (χ4n) is 4.75. The van der Waals surface area contributed by atoms with E-state index in [4.69, 9.17) is 16.3 Å². The predicted molar refractivity (Wildman–Crippen MR) is 110 cm³/mol. The van der Waals surface area contributed by atoms with Gasteiger partial charge in [0.05, 0.1) is 19.3 Å². The maximum absolute atomic E-state index is 6.11. The van der Waals surface area contributed by atoms with Crippen molar-refractivity contribution in [1.29, 1.82) is 0 Å². The van der Waals surface area contributed by atoms with Crippen molar-refractivity contribution in [3.8, 4) is 0 Å². The largest absolute Gasteiger partial charge is 0.379 e. The van der Waals surface area contributed by atoms with Gasteiger partial charge in [-0.2, -0.15) is 0 Å². The number of aliphatic imine (C=N–C) groups is 1. The molecule has 1 aromatic carbocycles. The number of halogens is 1. The van der Waals surface area contributed by atoms with Gasteiger partial charge in [-0.1, -0.05) is 30.2 Å². The molecule has 1 N–H and O–H groups in total. The lowest BCUT2D eigenvalue weighted by atomic mass is 9.68. The van der Waals surface area contributed by atoms with Crippen molar-refractivity contribution in [1.82, 2.24) is 15.1 Å². The molecule has 1 unspecified atom stereocenters. The molecule has 0 bridgehead atoms. The third-order valence-electron chi connectivity index (χ3n) is 6.56. The van der Waals surface area contributed by atoms with Crippen LogP contribution in [0.5, 0.6) is 0 Å². The Kier molecular flexibility index (Phi) is 5.90. The number of morpholine rings is 1. The standard InChI is InChI=1S/C21H31ClN4O/c1-23-20(26-10-9-21(16-26)7-2-8-21)24-15-19(25-11-13-27-14-12-25)17-3-5-18(22)6-4-17/h3-6,19H,2,7-16H2,1H3,(H,23,24). The maximum Gasteiger partial charge on any atom is 0.193 e. The van der Waals surface area contributed by atoms with E-state index in [1.807, 2.05) is 19.2 Å². The molecule has 0 aromatic heterocycles. The zero-order valence-corrected chi connectivity index (χ0v) is 17.0. The van der Waals surface area contributed by atoms with Crippen LogP contribution in [0.15, 0.2) is 29.3 Å². The molecule has 3 aliphatic rings. The fraction of sp³-hybridized carbons (Fsp3) is 0.667. The molecule has 3 fully saturated rings. The second-order valence-electron chi connectivity index (χ2n) is 8.17. The first kappa shape index (κ1) is 19.0. The van der Waals surface area contributed by atoms with Gasteiger partial charge in [0, 0.05) is 44.8 Å². The summed E-state index contributed by atoms with van der Waals surface area (Å²) < 4.78 is 5.56. The van der Waals surface area contributed by atoms with Crippen LogP contribution >= 0.6 is 11.6 Å². The van der Waals surface area contributed by atoms with Gasteiger partial charge in [-0.15, -0.1) is 0 Å². The van der Waals surface area contributed by atoms with Crippen LogP contribution in [0.1, 0.15) is 37.3 Å². The SMILES string of the molecule is CN=C(NCC(c1ccc(Cl)cc1)N1CCOCC1)N1CCC2(CCC2)C1. The van der Waals surface area contributed by atoms with Gasteiger partial charge >= 0.3 is 0 Å². The molecule has 2 aliphatic heterocycles. The molecule has 2 saturated heterocycles. The van der Waals surface area contributed by atoms with Crippen molar-refractivity contribution in [2.75, 3.05) is 53.0 Å². The van der Waals surface area contributed by atoms with Crippen LogP contribution in [0.4, 0.5) is 0 Å². The number of benzene rings is 1. The minimum atomic E-state index is 0.295. The summed E-state index contributed by atoms with van der Waals surface area (Å²) in [6.45, 7) is 6.65. The first-order valence-corrected chi connectivity index (χ1v) is 10.6. The second-order valence-corrected chi connectivity index (χ2v) is 8.61. The molecule has 148 valence electrons. The number of guanidine groups is 1. The van der Waals surface area contributed by atoms with E-state index in [9.17, 15) is 0 Å². The Morgan fingerprint density at radius 1 is 1.19 bits per heavy atom. The number of rotatable bonds is 4. The van der Waals surface area contributed by atoms with Crippen LogP contribution in [0.25, 0.3) is 0 Å². The minimum absolute atomic E-state index is 0.295. The minimum Gasteiger partial charge on any atom is -0.379 e. The number of hydrogen-bond acceptors (Lipinski definition) is 3. The molecule has 4 rings (SSSR count). The number of hydrogen-bond donors (Lipinski definition) is 1. The summed E-state index contributed by atoms with van der Waals surface area (Å²) in [6, 6.07) is 8.56. The van der Waals surface area contributed by atoms with Gasteiger partial charge in [-0.25, -0.2) is 0 Å².